The zero-order valence-electron chi connectivity index (χ0n) is 29.0. The van der Waals surface area contributed by atoms with E-state index in [2.05, 4.69) is 20.4 Å². The number of hydrogen-bond acceptors (Lipinski definition) is 11. The summed E-state index contributed by atoms with van der Waals surface area (Å²) < 4.78 is 61.5. The van der Waals surface area contributed by atoms with Crippen LogP contribution < -0.4 is 15.1 Å². The minimum atomic E-state index is -4.14. The summed E-state index contributed by atoms with van der Waals surface area (Å²) in [5.41, 5.74) is 2.20. The van der Waals surface area contributed by atoms with Crippen molar-refractivity contribution in [3.8, 4) is 11.4 Å². The Labute approximate surface area is 292 Å². The van der Waals surface area contributed by atoms with E-state index < -0.39 is 53.8 Å². The Hall–Kier alpha value is -4.76. The van der Waals surface area contributed by atoms with Crippen LogP contribution in [-0.2, 0) is 47.0 Å². The van der Waals surface area contributed by atoms with Gasteiger partial charge in [0.1, 0.15) is 16.4 Å². The van der Waals surface area contributed by atoms with Gasteiger partial charge in [-0.05, 0) is 76.1 Å². The fourth-order valence-electron chi connectivity index (χ4n) is 5.26. The van der Waals surface area contributed by atoms with Crippen LogP contribution in [0, 0.1) is 0 Å². The van der Waals surface area contributed by atoms with Crippen molar-refractivity contribution in [3.63, 3.8) is 0 Å². The lowest BCUT2D eigenvalue weighted by Gasteiger charge is -2.27. The zero-order chi connectivity index (χ0) is 36.6. The predicted molar refractivity (Wildman–Crippen MR) is 189 cm³/mol. The van der Waals surface area contributed by atoms with Crippen LogP contribution in [0.1, 0.15) is 51.6 Å². The molecule has 266 valence electrons. The van der Waals surface area contributed by atoms with E-state index in [-0.39, 0.29) is 34.4 Å². The summed E-state index contributed by atoms with van der Waals surface area (Å²) in [6.07, 6.45) is 0.125. The van der Waals surface area contributed by atoms with Crippen LogP contribution >= 0.6 is 0 Å². The molecule has 0 unspecified atom stereocenters. The second-order valence-corrected chi connectivity index (χ2v) is 18.4. The number of amides is 2. The van der Waals surface area contributed by atoms with Gasteiger partial charge in [0.2, 0.25) is 11.7 Å². The van der Waals surface area contributed by atoms with Gasteiger partial charge >= 0.3 is 6.09 Å². The molecule has 0 bridgehead atoms. The van der Waals surface area contributed by atoms with Gasteiger partial charge in [-0.1, -0.05) is 47.6 Å². The maximum absolute atomic E-state index is 14.2. The highest BCUT2D eigenvalue weighted by atomic mass is 32.2. The third-order valence-corrected chi connectivity index (χ3v) is 12.1. The average molecular weight is 724 g/mol. The normalized spacial score (nSPS) is 16.3. The molecule has 13 nitrogen and oxygen atoms in total. The molecule has 1 aromatic heterocycles. The molecule has 50 heavy (non-hydrogen) atoms. The molecule has 0 aliphatic carbocycles. The first-order valence-corrected chi connectivity index (χ1v) is 19.4. The summed E-state index contributed by atoms with van der Waals surface area (Å²) in [7, 11) is -5.81. The molecular formula is C35H41N5O8S2. The van der Waals surface area contributed by atoms with Gasteiger partial charge in [-0.3, -0.25) is 4.79 Å². The van der Waals surface area contributed by atoms with Gasteiger partial charge < -0.3 is 24.4 Å². The summed E-state index contributed by atoms with van der Waals surface area (Å²) in [5, 5.41) is 6.43. The fourth-order valence-corrected chi connectivity index (χ4v) is 7.27. The topological polar surface area (TPSA) is 169 Å². The Morgan fingerprint density at radius 1 is 1.02 bits per heavy atom. The molecule has 2 amide bonds. The van der Waals surface area contributed by atoms with Crippen molar-refractivity contribution >= 4 is 43.0 Å². The van der Waals surface area contributed by atoms with Crippen molar-refractivity contribution in [3.05, 3.63) is 89.8 Å². The number of anilines is 2. The lowest BCUT2D eigenvalue weighted by Crippen LogP contribution is -2.51. The van der Waals surface area contributed by atoms with Crippen molar-refractivity contribution in [1.82, 2.24) is 15.5 Å². The Balaban J connectivity index is 1.53. The number of rotatable bonds is 9. The van der Waals surface area contributed by atoms with Crippen LogP contribution in [0.5, 0.6) is 0 Å². The molecule has 15 heteroatoms. The lowest BCUT2D eigenvalue weighted by atomic mass is 10.1. The lowest BCUT2D eigenvalue weighted by molar-refractivity contribution is -0.120. The average Bonchev–Trinajstić information content (AvgIpc) is 3.51. The van der Waals surface area contributed by atoms with Crippen LogP contribution in [0.4, 0.5) is 16.2 Å². The first-order valence-electron chi connectivity index (χ1n) is 15.8. The fraction of sp³-hybridized carbons (Fsp3) is 0.371. The number of aromatic nitrogens is 2. The Kier molecular flexibility index (Phi) is 9.87. The monoisotopic (exact) mass is 723 g/mol. The van der Waals surface area contributed by atoms with Gasteiger partial charge in [0, 0.05) is 31.1 Å². The van der Waals surface area contributed by atoms with Gasteiger partial charge in [-0.25, -0.2) is 21.6 Å². The van der Waals surface area contributed by atoms with Crippen LogP contribution in [0.3, 0.4) is 0 Å². The third kappa shape index (κ3) is 7.99. The van der Waals surface area contributed by atoms with Gasteiger partial charge in [-0.15, -0.1) is 0 Å². The highest BCUT2D eigenvalue weighted by molar-refractivity contribution is 7.92. The van der Waals surface area contributed by atoms with Gasteiger partial charge in [0.15, 0.2) is 19.7 Å². The summed E-state index contributed by atoms with van der Waals surface area (Å²) in [5.74, 6) is -1.52. The standard InChI is InChI=1S/C35H41N5O8S2/c1-34(2,3)47-33(42)36-27-22-50(45,46)29-18-15-25(30-37-32(48-38-30)35(4,5)49(7,43)44)19-28(29)40(31(27)41)21-24-13-16-26(17-14-24)39(6)20-23-11-9-8-10-12-23/h8-19,27H,20-22H2,1-7H3,(H,36,42)/t27-/m0/s1. The minimum Gasteiger partial charge on any atom is -0.444 e. The number of sulfone groups is 2. The number of benzene rings is 3. The minimum absolute atomic E-state index is 0.00260. The van der Waals surface area contributed by atoms with E-state index in [1.54, 1.807) is 20.8 Å². The largest absolute Gasteiger partial charge is 0.444 e. The molecular weight excluding hydrogens is 683 g/mol. The number of fused-ring (bicyclic) bond motifs is 1. The van der Waals surface area contributed by atoms with E-state index in [9.17, 15) is 26.4 Å². The maximum Gasteiger partial charge on any atom is 0.408 e. The smallest absolute Gasteiger partial charge is 0.408 e. The Morgan fingerprint density at radius 3 is 2.30 bits per heavy atom. The summed E-state index contributed by atoms with van der Waals surface area (Å²) in [6, 6.07) is 20.3. The van der Waals surface area contributed by atoms with E-state index in [0.29, 0.717) is 12.1 Å². The molecule has 0 spiro atoms. The van der Waals surface area contributed by atoms with Crippen LogP contribution in [0.15, 0.2) is 82.2 Å². The molecule has 3 aromatic carbocycles. The van der Waals surface area contributed by atoms with Crippen molar-refractivity contribution < 1.29 is 35.7 Å². The second kappa shape index (κ2) is 13.5. The quantitative estimate of drug-likeness (QED) is 0.250. The van der Waals surface area contributed by atoms with E-state index in [1.807, 2.05) is 61.6 Å². The van der Waals surface area contributed by atoms with Crippen molar-refractivity contribution in [1.29, 1.82) is 0 Å². The molecule has 0 saturated heterocycles. The van der Waals surface area contributed by atoms with E-state index >= 15 is 0 Å². The Morgan fingerprint density at radius 2 is 1.68 bits per heavy atom. The van der Waals surface area contributed by atoms with Crippen LogP contribution in [0.2, 0.25) is 0 Å². The van der Waals surface area contributed by atoms with E-state index in [0.717, 1.165) is 17.5 Å². The zero-order valence-corrected chi connectivity index (χ0v) is 30.6. The molecule has 1 atom stereocenters. The molecule has 4 aromatic rings. The summed E-state index contributed by atoms with van der Waals surface area (Å²) >= 11 is 0. The first kappa shape index (κ1) is 36.5. The first-order chi connectivity index (χ1) is 23.2. The molecule has 1 N–H and O–H groups in total. The summed E-state index contributed by atoms with van der Waals surface area (Å²) in [4.78, 5) is 34.6. The molecule has 0 radical (unpaired) electrons. The van der Waals surface area contributed by atoms with Gasteiger partial charge in [-0.2, -0.15) is 4.98 Å². The van der Waals surface area contributed by atoms with Gasteiger partial charge in [0.05, 0.1) is 22.9 Å². The maximum atomic E-state index is 14.2. The highest BCUT2D eigenvalue weighted by Crippen LogP contribution is 2.36. The molecule has 5 rings (SSSR count). The van der Waals surface area contributed by atoms with Crippen LogP contribution in [-0.4, -0.2) is 69.7 Å². The predicted octanol–water partition coefficient (Wildman–Crippen LogP) is 4.87. The number of carbonyl (C=O) groups excluding carboxylic acids is 2. The molecule has 1 aliphatic heterocycles. The third-order valence-electron chi connectivity index (χ3n) is 8.33. The van der Waals surface area contributed by atoms with Crippen molar-refractivity contribution in [2.45, 2.75) is 69.0 Å². The van der Waals surface area contributed by atoms with E-state index in [1.165, 1.54) is 36.9 Å². The number of alkyl carbamates (subject to hydrolysis) is 1. The molecule has 2 heterocycles. The second-order valence-electron chi connectivity index (χ2n) is 13.8. The number of nitrogens with one attached hydrogen (secondary N) is 1. The highest BCUT2D eigenvalue weighted by Gasteiger charge is 2.41. The summed E-state index contributed by atoms with van der Waals surface area (Å²) in [6.45, 7) is 8.47. The SMILES string of the molecule is CN(Cc1ccccc1)c1ccc(CN2C(=O)[C@@H](NC(=O)OC(C)(C)C)CS(=O)(=O)c3ccc(-c4noc(C(C)(C)S(C)(=O)=O)n4)cc32)cc1. The van der Waals surface area contributed by atoms with Crippen molar-refractivity contribution in [2.24, 2.45) is 0 Å². The number of ether oxygens (including phenoxy) is 1. The Bertz CT molecular complexity index is 2110. The number of nitrogens with zero attached hydrogens (tertiary/aromatic N) is 4. The van der Waals surface area contributed by atoms with E-state index in [4.69, 9.17) is 9.26 Å². The molecule has 0 fully saturated rings. The molecule has 1 aliphatic rings. The van der Waals surface area contributed by atoms with Crippen LogP contribution in [0.25, 0.3) is 11.4 Å². The number of hydrogen-bond donors (Lipinski definition) is 1. The molecule has 0 saturated carbocycles. The van der Waals surface area contributed by atoms with Gasteiger partial charge in [0.25, 0.3) is 5.91 Å². The van der Waals surface area contributed by atoms with Crippen molar-refractivity contribution in [2.75, 3.05) is 28.9 Å². The number of carbonyl (C=O) groups is 2.